The maximum absolute atomic E-state index is 12.7. The van der Waals surface area contributed by atoms with E-state index in [0.717, 1.165) is 22.3 Å². The Labute approximate surface area is 177 Å². The quantitative estimate of drug-likeness (QED) is 0.412. The van der Waals surface area contributed by atoms with E-state index in [9.17, 15) is 19.0 Å². The maximum Gasteiger partial charge on any atom is 0.301 e. The highest BCUT2D eigenvalue weighted by atomic mass is 19.3. The lowest BCUT2D eigenvalue weighted by atomic mass is 10.0. The highest BCUT2D eigenvalue weighted by molar-refractivity contribution is 5.78. The average molecular weight is 425 g/mol. The van der Waals surface area contributed by atoms with Crippen molar-refractivity contribution >= 4 is 11.2 Å². The Balaban J connectivity index is 1.63. The Hall–Kier alpha value is -3.36. The van der Waals surface area contributed by atoms with Gasteiger partial charge >= 0.3 is 6.01 Å². The molecule has 0 radical (unpaired) electrons. The molecular weight excluding hydrogens is 404 g/mol. The number of nitrogens with zero attached hydrogens (tertiary/aromatic N) is 2. The third-order valence-electron chi connectivity index (χ3n) is 5.11. The second kappa shape index (κ2) is 8.41. The molecule has 6 nitrogen and oxygen atoms in total. The Bertz CT molecular complexity index is 1220. The molecule has 0 saturated carbocycles. The van der Waals surface area contributed by atoms with Gasteiger partial charge in [-0.1, -0.05) is 30.3 Å². The summed E-state index contributed by atoms with van der Waals surface area (Å²) < 4.78 is 31.2. The molecule has 4 aromatic rings. The van der Waals surface area contributed by atoms with Crippen LogP contribution in [-0.4, -0.2) is 31.6 Å². The van der Waals surface area contributed by atoms with Crippen molar-refractivity contribution in [2.24, 2.45) is 0 Å². The van der Waals surface area contributed by atoms with Crippen LogP contribution in [0.15, 0.2) is 48.5 Å². The Morgan fingerprint density at radius 2 is 1.74 bits per heavy atom. The minimum absolute atomic E-state index is 0.0829. The molecule has 0 aliphatic carbocycles. The van der Waals surface area contributed by atoms with E-state index in [4.69, 9.17) is 4.74 Å². The van der Waals surface area contributed by atoms with Gasteiger partial charge in [-0.25, -0.2) is 13.8 Å². The minimum atomic E-state index is -2.84. The van der Waals surface area contributed by atoms with E-state index >= 15 is 0 Å². The molecule has 4 rings (SSSR count). The van der Waals surface area contributed by atoms with Crippen LogP contribution in [0.25, 0.3) is 22.4 Å². The number of hydrogen-bond acceptors (Lipinski definition) is 5. The number of aromatic amines is 1. The lowest BCUT2D eigenvalue weighted by Gasteiger charge is -2.11. The number of fused-ring (bicyclic) bond motifs is 1. The summed E-state index contributed by atoms with van der Waals surface area (Å²) in [6.45, 7) is 3.71. The van der Waals surface area contributed by atoms with Crippen LogP contribution in [0.1, 0.15) is 28.4 Å². The summed E-state index contributed by atoms with van der Waals surface area (Å²) in [4.78, 5) is 12.1. The van der Waals surface area contributed by atoms with Crippen LogP contribution in [0, 0.1) is 13.8 Å². The zero-order valence-corrected chi connectivity index (χ0v) is 16.9. The number of halogens is 2. The number of ether oxygens (including phenoxy) is 1. The number of hydrogen-bond donors (Lipinski definition) is 3. The lowest BCUT2D eigenvalue weighted by molar-refractivity contribution is -0.00577. The number of aromatic nitrogens is 3. The zero-order valence-electron chi connectivity index (χ0n) is 16.9. The third-order valence-corrected chi connectivity index (χ3v) is 5.11. The molecule has 0 spiro atoms. The van der Waals surface area contributed by atoms with Gasteiger partial charge < -0.3 is 19.9 Å². The molecule has 0 fully saturated rings. The van der Waals surface area contributed by atoms with Crippen molar-refractivity contribution in [3.63, 3.8) is 0 Å². The Kier molecular flexibility index (Phi) is 5.67. The number of benzene rings is 2. The molecule has 160 valence electrons. The van der Waals surface area contributed by atoms with Crippen molar-refractivity contribution in [2.75, 3.05) is 0 Å². The van der Waals surface area contributed by atoms with Crippen LogP contribution in [0.3, 0.4) is 0 Å². The van der Waals surface area contributed by atoms with Crippen LogP contribution < -0.4 is 4.74 Å². The van der Waals surface area contributed by atoms with Crippen LogP contribution in [0.4, 0.5) is 8.78 Å². The van der Waals surface area contributed by atoms with Crippen molar-refractivity contribution in [3.05, 3.63) is 70.8 Å². The maximum atomic E-state index is 12.7. The summed E-state index contributed by atoms with van der Waals surface area (Å²) in [6.07, 6.45) is -4.66. The molecule has 0 saturated heterocycles. The molecule has 8 heteroatoms. The number of imidazole rings is 1. The van der Waals surface area contributed by atoms with E-state index in [0.29, 0.717) is 22.6 Å². The fourth-order valence-electron chi connectivity index (χ4n) is 3.34. The Morgan fingerprint density at radius 1 is 1.00 bits per heavy atom. The molecule has 0 bridgehead atoms. The van der Waals surface area contributed by atoms with Crippen LogP contribution in [0.5, 0.6) is 11.8 Å². The van der Waals surface area contributed by atoms with Crippen molar-refractivity contribution in [1.29, 1.82) is 0 Å². The summed E-state index contributed by atoms with van der Waals surface area (Å²) in [5, 5.41) is 18.9. The number of aryl methyl sites for hydroxylation is 2. The summed E-state index contributed by atoms with van der Waals surface area (Å²) >= 11 is 0. The van der Waals surface area contributed by atoms with E-state index in [2.05, 4.69) is 15.0 Å². The first-order chi connectivity index (χ1) is 14.9. The second-order valence-electron chi connectivity index (χ2n) is 7.32. The first kappa shape index (κ1) is 20.9. The first-order valence-corrected chi connectivity index (χ1v) is 9.68. The fraction of sp³-hybridized carbons (Fsp3) is 0.217. The molecule has 2 aromatic heterocycles. The van der Waals surface area contributed by atoms with Gasteiger partial charge in [-0.15, -0.1) is 0 Å². The van der Waals surface area contributed by atoms with Crippen molar-refractivity contribution < 1.29 is 23.7 Å². The smallest absolute Gasteiger partial charge is 0.301 e. The average Bonchev–Trinajstić information content (AvgIpc) is 3.15. The standard InChI is InChI=1S/C23H21F2N3O3/c1-12-3-8-17(10-16(12)11-29)31-23-26-18-9-13(2)19(27-22(18)28-23)14-4-6-15(7-5-14)20(30)21(24)25/h3-10,20-21,29-30H,11H2,1-2H3,(H,26,27,28). The number of H-pyrrole nitrogens is 1. The number of rotatable bonds is 6. The van der Waals surface area contributed by atoms with Gasteiger partial charge in [0.1, 0.15) is 11.9 Å². The van der Waals surface area contributed by atoms with E-state index < -0.39 is 12.5 Å². The van der Waals surface area contributed by atoms with Gasteiger partial charge in [0, 0.05) is 5.56 Å². The van der Waals surface area contributed by atoms with Crippen LogP contribution >= 0.6 is 0 Å². The van der Waals surface area contributed by atoms with Crippen molar-refractivity contribution in [2.45, 2.75) is 33.0 Å². The third kappa shape index (κ3) is 4.26. The molecule has 2 heterocycles. The molecular formula is C23H21F2N3O3. The van der Waals surface area contributed by atoms with Gasteiger partial charge in [-0.2, -0.15) is 4.98 Å². The first-order valence-electron chi connectivity index (χ1n) is 9.68. The fourth-order valence-corrected chi connectivity index (χ4v) is 3.34. The minimum Gasteiger partial charge on any atom is -0.426 e. The molecule has 0 aliphatic rings. The van der Waals surface area contributed by atoms with Gasteiger partial charge in [0.2, 0.25) is 0 Å². The summed E-state index contributed by atoms with van der Waals surface area (Å²) in [6, 6.07) is 13.8. The van der Waals surface area contributed by atoms with Crippen molar-refractivity contribution in [1.82, 2.24) is 15.0 Å². The highest BCUT2D eigenvalue weighted by Crippen LogP contribution is 2.29. The number of alkyl halides is 2. The highest BCUT2D eigenvalue weighted by Gasteiger charge is 2.19. The number of aliphatic hydroxyl groups is 2. The molecule has 1 atom stereocenters. The van der Waals surface area contributed by atoms with E-state index in [1.54, 1.807) is 24.3 Å². The van der Waals surface area contributed by atoms with Gasteiger partial charge in [0.05, 0.1) is 17.8 Å². The SMILES string of the molecule is Cc1ccc(Oc2nc3nc(-c4ccc(C(O)C(F)F)cc4)c(C)cc3[nH]2)cc1CO. The van der Waals surface area contributed by atoms with Gasteiger partial charge in [-0.05, 0) is 54.3 Å². The predicted octanol–water partition coefficient (Wildman–Crippen LogP) is 4.82. The molecule has 3 N–H and O–H groups in total. The normalized spacial score (nSPS) is 12.5. The molecule has 1 unspecified atom stereocenters. The van der Waals surface area contributed by atoms with Crippen LogP contribution in [0.2, 0.25) is 0 Å². The molecule has 2 aromatic carbocycles. The number of aliphatic hydroxyl groups excluding tert-OH is 2. The molecule has 0 aliphatic heterocycles. The van der Waals surface area contributed by atoms with Crippen LogP contribution in [-0.2, 0) is 6.61 Å². The topological polar surface area (TPSA) is 91.3 Å². The number of pyridine rings is 1. The van der Waals surface area contributed by atoms with Gasteiger partial charge in [-0.3, -0.25) is 0 Å². The zero-order chi connectivity index (χ0) is 22.1. The molecule has 0 amide bonds. The van der Waals surface area contributed by atoms with E-state index in [-0.39, 0.29) is 18.2 Å². The number of nitrogens with one attached hydrogen (secondary N) is 1. The largest absolute Gasteiger partial charge is 0.426 e. The van der Waals surface area contributed by atoms with E-state index in [1.807, 2.05) is 26.0 Å². The lowest BCUT2D eigenvalue weighted by Crippen LogP contribution is -2.07. The second-order valence-corrected chi connectivity index (χ2v) is 7.32. The summed E-state index contributed by atoms with van der Waals surface area (Å²) in [5.74, 6) is 0.541. The summed E-state index contributed by atoms with van der Waals surface area (Å²) in [7, 11) is 0. The van der Waals surface area contributed by atoms with Crippen molar-refractivity contribution in [3.8, 4) is 23.0 Å². The summed E-state index contributed by atoms with van der Waals surface area (Å²) in [5.41, 5.74) is 5.26. The predicted molar refractivity (Wildman–Crippen MR) is 112 cm³/mol. The van der Waals surface area contributed by atoms with E-state index in [1.165, 1.54) is 12.1 Å². The van der Waals surface area contributed by atoms with Gasteiger partial charge in [0.15, 0.2) is 5.65 Å². The molecule has 31 heavy (non-hydrogen) atoms. The van der Waals surface area contributed by atoms with Gasteiger partial charge in [0.25, 0.3) is 6.43 Å². The monoisotopic (exact) mass is 425 g/mol. The Morgan fingerprint density at radius 3 is 2.42 bits per heavy atom.